The van der Waals surface area contributed by atoms with Gasteiger partial charge in [-0.15, -0.1) is 0 Å². The first kappa shape index (κ1) is 25.8. The summed E-state index contributed by atoms with van der Waals surface area (Å²) < 4.78 is 30.2. The van der Waals surface area contributed by atoms with E-state index in [0.29, 0.717) is 29.0 Å². The van der Waals surface area contributed by atoms with Crippen molar-refractivity contribution in [2.45, 2.75) is 30.8 Å². The molecule has 0 aliphatic heterocycles. The van der Waals surface area contributed by atoms with Crippen LogP contribution in [0.4, 0.5) is 5.69 Å². The monoisotopic (exact) mass is 495 g/mol. The highest BCUT2D eigenvalue weighted by molar-refractivity contribution is 7.90. The zero-order valence-corrected chi connectivity index (χ0v) is 20.7. The fourth-order valence-corrected chi connectivity index (χ4v) is 4.45. The number of ether oxygens (including phenoxy) is 1. The van der Waals surface area contributed by atoms with Crippen LogP contribution < -0.4 is 15.8 Å². The molecule has 184 valence electrons. The molecule has 1 atom stereocenters. The van der Waals surface area contributed by atoms with Crippen LogP contribution >= 0.6 is 0 Å². The molecule has 0 spiro atoms. The van der Waals surface area contributed by atoms with Gasteiger partial charge >= 0.3 is 0 Å². The molecule has 35 heavy (non-hydrogen) atoms. The van der Waals surface area contributed by atoms with Crippen LogP contribution in [-0.2, 0) is 19.5 Å². The number of sulfone groups is 1. The zero-order valence-electron chi connectivity index (χ0n) is 19.9. The molecule has 9 heteroatoms. The second kappa shape index (κ2) is 11.5. The molecule has 0 radical (unpaired) electrons. The zero-order chi connectivity index (χ0) is 25.4. The molecule has 0 saturated carbocycles. The Morgan fingerprint density at radius 3 is 2.43 bits per heavy atom. The lowest BCUT2D eigenvalue weighted by Crippen LogP contribution is -2.33. The molecule has 3 rings (SSSR count). The minimum atomic E-state index is -3.38. The Balaban J connectivity index is 1.76. The van der Waals surface area contributed by atoms with E-state index < -0.39 is 15.9 Å². The van der Waals surface area contributed by atoms with Gasteiger partial charge < -0.3 is 20.6 Å². The number of nitrogens with zero attached hydrogens (tertiary/aromatic N) is 1. The highest BCUT2D eigenvalue weighted by Gasteiger charge is 2.20. The number of carbonyl (C=O) groups is 1. The van der Waals surface area contributed by atoms with Crippen molar-refractivity contribution >= 4 is 27.3 Å². The smallest absolute Gasteiger partial charge is 0.265 e. The number of amidine groups is 1. The summed E-state index contributed by atoms with van der Waals surface area (Å²) in [6, 6.07) is 20.8. The molecular weight excluding hydrogens is 466 g/mol. The minimum Gasteiger partial charge on any atom is -0.481 e. The van der Waals surface area contributed by atoms with Crippen molar-refractivity contribution in [3.63, 3.8) is 0 Å². The number of oxime groups is 1. The van der Waals surface area contributed by atoms with Crippen molar-refractivity contribution in [1.82, 2.24) is 0 Å². The first-order valence-corrected chi connectivity index (χ1v) is 13.0. The number of nitrogens with two attached hydrogens (primary N) is 1. The summed E-state index contributed by atoms with van der Waals surface area (Å²) in [5.74, 6) is 0.394. The van der Waals surface area contributed by atoms with Gasteiger partial charge in [-0.1, -0.05) is 61.0 Å². The number of rotatable bonds is 10. The van der Waals surface area contributed by atoms with Crippen molar-refractivity contribution in [2.24, 2.45) is 10.9 Å². The molecule has 3 aromatic carbocycles. The van der Waals surface area contributed by atoms with Crippen molar-refractivity contribution < 1.29 is 22.8 Å². The van der Waals surface area contributed by atoms with Gasteiger partial charge in [0.05, 0.1) is 4.90 Å². The second-order valence-electron chi connectivity index (χ2n) is 7.92. The Bertz CT molecular complexity index is 1300. The fraction of sp³-hybridized carbons (Fsp3) is 0.231. The number of hydrogen-bond acceptors (Lipinski definition) is 6. The van der Waals surface area contributed by atoms with E-state index in [1.54, 1.807) is 72.8 Å². The van der Waals surface area contributed by atoms with Crippen LogP contribution in [-0.4, -0.2) is 39.6 Å². The summed E-state index contributed by atoms with van der Waals surface area (Å²) in [6.07, 6.45) is 1.72. The van der Waals surface area contributed by atoms with E-state index in [4.69, 9.17) is 15.3 Å². The molecule has 1 unspecified atom stereocenters. The molecular formula is C26H29N3O5S. The van der Waals surface area contributed by atoms with E-state index >= 15 is 0 Å². The molecule has 0 heterocycles. The van der Waals surface area contributed by atoms with Gasteiger partial charge in [-0.3, -0.25) is 4.79 Å². The summed E-state index contributed by atoms with van der Waals surface area (Å²) >= 11 is 0. The molecule has 1 amide bonds. The highest BCUT2D eigenvalue weighted by atomic mass is 32.2. The average Bonchev–Trinajstić information content (AvgIpc) is 2.84. The summed E-state index contributed by atoms with van der Waals surface area (Å²) in [4.78, 5) is 18.0. The third-order valence-corrected chi connectivity index (χ3v) is 6.35. The molecule has 8 nitrogen and oxygen atoms in total. The summed E-state index contributed by atoms with van der Waals surface area (Å²) in [5, 5.41) is 6.59. The van der Waals surface area contributed by atoms with Crippen LogP contribution in [0.1, 0.15) is 25.3 Å². The van der Waals surface area contributed by atoms with Gasteiger partial charge in [-0.2, -0.15) is 0 Å². The Morgan fingerprint density at radius 2 is 1.77 bits per heavy atom. The Morgan fingerprint density at radius 1 is 1.06 bits per heavy atom. The Labute approximate surface area is 205 Å². The van der Waals surface area contributed by atoms with Gasteiger partial charge in [0, 0.05) is 23.1 Å². The van der Waals surface area contributed by atoms with Crippen molar-refractivity contribution in [1.29, 1.82) is 0 Å². The van der Waals surface area contributed by atoms with Crippen LogP contribution in [0.3, 0.4) is 0 Å². The van der Waals surface area contributed by atoms with Gasteiger partial charge in [-0.05, 0) is 42.3 Å². The molecule has 0 bridgehead atoms. The average molecular weight is 496 g/mol. The lowest BCUT2D eigenvalue weighted by molar-refractivity contribution is -0.123. The summed E-state index contributed by atoms with van der Waals surface area (Å²) in [7, 11) is -1.97. The van der Waals surface area contributed by atoms with Crippen LogP contribution in [0.2, 0.25) is 0 Å². The predicted molar refractivity (Wildman–Crippen MR) is 137 cm³/mol. The first-order chi connectivity index (χ1) is 16.7. The second-order valence-corrected chi connectivity index (χ2v) is 9.90. The predicted octanol–water partition coefficient (Wildman–Crippen LogP) is 4.21. The van der Waals surface area contributed by atoms with E-state index in [1.807, 2.05) is 6.92 Å². The summed E-state index contributed by atoms with van der Waals surface area (Å²) in [5.41, 5.74) is 8.40. The number of benzene rings is 3. The topological polar surface area (TPSA) is 120 Å². The minimum absolute atomic E-state index is 0.201. The highest BCUT2D eigenvalue weighted by Crippen LogP contribution is 2.28. The van der Waals surface area contributed by atoms with Crippen molar-refractivity contribution in [3.05, 3.63) is 78.4 Å². The van der Waals surface area contributed by atoms with E-state index in [1.165, 1.54) is 13.4 Å². The van der Waals surface area contributed by atoms with Gasteiger partial charge in [-0.25, -0.2) is 8.42 Å². The lowest BCUT2D eigenvalue weighted by Gasteiger charge is -2.19. The van der Waals surface area contributed by atoms with Crippen LogP contribution in [0.5, 0.6) is 5.75 Å². The van der Waals surface area contributed by atoms with Crippen LogP contribution in [0.15, 0.2) is 82.8 Å². The number of hydrogen-bond donors (Lipinski definition) is 2. The molecule has 0 aliphatic carbocycles. The maximum Gasteiger partial charge on any atom is 0.265 e. The third kappa shape index (κ3) is 6.83. The van der Waals surface area contributed by atoms with Crippen molar-refractivity contribution in [2.75, 3.05) is 18.7 Å². The normalized spacial score (nSPS) is 12.6. The molecule has 0 fully saturated rings. The van der Waals surface area contributed by atoms with E-state index in [9.17, 15) is 13.2 Å². The summed E-state index contributed by atoms with van der Waals surface area (Å²) in [6.45, 7) is 1.97. The maximum absolute atomic E-state index is 13.0. The quantitative estimate of drug-likeness (QED) is 0.247. The molecule has 0 saturated heterocycles. The number of amides is 1. The number of nitrogens with one attached hydrogen (secondary N) is 1. The van der Waals surface area contributed by atoms with Crippen molar-refractivity contribution in [3.8, 4) is 16.9 Å². The lowest BCUT2D eigenvalue weighted by atomic mass is 10.1. The Hall–Kier alpha value is -3.85. The third-order valence-electron chi connectivity index (χ3n) is 5.19. The maximum atomic E-state index is 13.0. The Kier molecular flexibility index (Phi) is 8.48. The number of carbonyl (C=O) groups excluding carboxylic acids is 1. The molecule has 3 N–H and O–H groups in total. The van der Waals surface area contributed by atoms with Gasteiger partial charge in [0.25, 0.3) is 5.91 Å². The molecule has 0 aromatic heterocycles. The fourth-order valence-electron chi connectivity index (χ4n) is 3.53. The van der Waals surface area contributed by atoms with Gasteiger partial charge in [0.1, 0.15) is 12.9 Å². The van der Waals surface area contributed by atoms with E-state index in [2.05, 4.69) is 10.5 Å². The first-order valence-electron chi connectivity index (χ1n) is 11.1. The van der Waals surface area contributed by atoms with Gasteiger partial charge in [0.2, 0.25) is 0 Å². The number of anilines is 1. The van der Waals surface area contributed by atoms with E-state index in [0.717, 1.165) is 12.0 Å². The largest absolute Gasteiger partial charge is 0.481 e. The van der Waals surface area contributed by atoms with E-state index in [-0.39, 0.29) is 16.6 Å². The van der Waals surface area contributed by atoms with Crippen LogP contribution in [0.25, 0.3) is 11.1 Å². The van der Waals surface area contributed by atoms with Gasteiger partial charge in [0.15, 0.2) is 21.8 Å². The van der Waals surface area contributed by atoms with Crippen LogP contribution in [0, 0.1) is 0 Å². The standard InChI is InChI=1S/C26H29N3O5S/c1-4-8-23(34-21-10-7-9-19(17-21)25(27)29-33-2)26(30)28-20-15-13-18(14-16-20)22-11-5-6-12-24(22)35(3,31)32/h5-7,9-17,23H,4,8H2,1-3H3,(H2,27,29)(H,28,30). The molecule has 3 aromatic rings. The SMILES string of the molecule is CCCC(Oc1cccc(C(N)=NOC)c1)C(=O)Nc1ccc(-c2ccccc2S(C)(=O)=O)cc1. The molecule has 0 aliphatic rings.